The Labute approximate surface area is 130 Å². The maximum atomic E-state index is 11.6. The molecule has 0 bridgehead atoms. The van der Waals surface area contributed by atoms with Crippen molar-refractivity contribution >= 4 is 17.4 Å². The second kappa shape index (κ2) is 7.41. The second-order valence-corrected chi connectivity index (χ2v) is 4.97. The van der Waals surface area contributed by atoms with Gasteiger partial charge in [0.15, 0.2) is 0 Å². The van der Waals surface area contributed by atoms with Crippen LogP contribution in [0, 0.1) is 6.92 Å². The number of benzene rings is 2. The predicted octanol–water partition coefficient (Wildman–Crippen LogP) is 4.01. The number of carbonyl (C=O) groups excluding carboxylic acids is 1. The summed E-state index contributed by atoms with van der Waals surface area (Å²) in [4.78, 5) is 11.6. The molecule has 4 heteroatoms. The van der Waals surface area contributed by atoms with Crippen LogP contribution in [-0.2, 0) is 4.74 Å². The Morgan fingerprint density at radius 2 is 1.64 bits per heavy atom. The molecule has 0 atom stereocenters. The first-order valence-electron chi connectivity index (χ1n) is 7.24. The van der Waals surface area contributed by atoms with Crippen molar-refractivity contribution in [2.24, 2.45) is 5.10 Å². The van der Waals surface area contributed by atoms with Crippen molar-refractivity contribution in [3.63, 3.8) is 0 Å². The highest BCUT2D eigenvalue weighted by molar-refractivity contribution is 5.99. The molecular weight excluding hydrogens is 276 g/mol. The van der Waals surface area contributed by atoms with E-state index in [1.54, 1.807) is 31.2 Å². The Hall–Kier alpha value is -2.62. The van der Waals surface area contributed by atoms with E-state index in [1.165, 1.54) is 5.56 Å². The summed E-state index contributed by atoms with van der Waals surface area (Å²) in [6, 6.07) is 15.2. The first-order valence-corrected chi connectivity index (χ1v) is 7.24. The predicted molar refractivity (Wildman–Crippen MR) is 89.4 cm³/mol. The van der Waals surface area contributed by atoms with E-state index in [2.05, 4.69) is 29.6 Å². The van der Waals surface area contributed by atoms with Gasteiger partial charge in [0.05, 0.1) is 23.6 Å². The number of nitrogens with zero attached hydrogens (tertiary/aromatic N) is 1. The Kier molecular flexibility index (Phi) is 5.31. The number of ether oxygens (including phenoxy) is 1. The van der Waals surface area contributed by atoms with Gasteiger partial charge in [0.25, 0.3) is 0 Å². The van der Waals surface area contributed by atoms with E-state index < -0.39 is 0 Å². The zero-order valence-corrected chi connectivity index (χ0v) is 13.1. The highest BCUT2D eigenvalue weighted by Crippen LogP contribution is 2.11. The summed E-state index contributed by atoms with van der Waals surface area (Å²) in [7, 11) is 0. The molecule has 2 aromatic carbocycles. The van der Waals surface area contributed by atoms with Crippen LogP contribution in [0.2, 0.25) is 0 Å². The SMILES string of the molecule is CCOC(=O)c1ccc(N/N=C(\C)c2ccc(C)cc2)cc1. The molecule has 4 nitrogen and oxygen atoms in total. The lowest BCUT2D eigenvalue weighted by molar-refractivity contribution is 0.0526. The highest BCUT2D eigenvalue weighted by Gasteiger charge is 2.05. The molecule has 0 heterocycles. The number of carbonyl (C=O) groups is 1. The average Bonchev–Trinajstić information content (AvgIpc) is 2.54. The Morgan fingerprint density at radius 3 is 2.23 bits per heavy atom. The van der Waals surface area contributed by atoms with Gasteiger partial charge < -0.3 is 4.74 Å². The average molecular weight is 296 g/mol. The van der Waals surface area contributed by atoms with Crippen LogP contribution in [0.4, 0.5) is 5.69 Å². The molecular formula is C18H20N2O2. The van der Waals surface area contributed by atoms with E-state index in [0.717, 1.165) is 17.0 Å². The largest absolute Gasteiger partial charge is 0.462 e. The molecule has 0 saturated carbocycles. The van der Waals surface area contributed by atoms with E-state index in [4.69, 9.17) is 4.74 Å². The van der Waals surface area contributed by atoms with Gasteiger partial charge in [-0.1, -0.05) is 29.8 Å². The molecule has 0 amide bonds. The summed E-state index contributed by atoms with van der Waals surface area (Å²) < 4.78 is 4.95. The van der Waals surface area contributed by atoms with Gasteiger partial charge in [0.1, 0.15) is 0 Å². The highest BCUT2D eigenvalue weighted by atomic mass is 16.5. The molecule has 0 aliphatic rings. The van der Waals surface area contributed by atoms with Gasteiger partial charge in [-0.15, -0.1) is 0 Å². The van der Waals surface area contributed by atoms with Crippen LogP contribution in [0.3, 0.4) is 0 Å². The normalized spacial score (nSPS) is 11.1. The molecule has 114 valence electrons. The zero-order valence-electron chi connectivity index (χ0n) is 13.1. The van der Waals surface area contributed by atoms with Gasteiger partial charge in [-0.25, -0.2) is 4.79 Å². The fourth-order valence-electron chi connectivity index (χ4n) is 1.90. The summed E-state index contributed by atoms with van der Waals surface area (Å²) in [6.45, 7) is 6.17. The first kappa shape index (κ1) is 15.8. The van der Waals surface area contributed by atoms with Gasteiger partial charge in [0, 0.05) is 0 Å². The lowest BCUT2D eigenvalue weighted by Crippen LogP contribution is -2.04. The molecule has 0 aliphatic heterocycles. The van der Waals surface area contributed by atoms with E-state index in [0.29, 0.717) is 12.2 Å². The molecule has 22 heavy (non-hydrogen) atoms. The monoisotopic (exact) mass is 296 g/mol. The number of hydrazone groups is 1. The lowest BCUT2D eigenvalue weighted by Gasteiger charge is -2.05. The minimum absolute atomic E-state index is 0.312. The van der Waals surface area contributed by atoms with Gasteiger partial charge in [-0.3, -0.25) is 5.43 Å². The van der Waals surface area contributed by atoms with E-state index in [9.17, 15) is 4.79 Å². The third kappa shape index (κ3) is 4.19. The number of rotatable bonds is 5. The number of esters is 1. The molecule has 0 aliphatic carbocycles. The molecule has 0 radical (unpaired) electrons. The van der Waals surface area contributed by atoms with Crippen molar-refractivity contribution < 1.29 is 9.53 Å². The molecule has 2 rings (SSSR count). The van der Waals surface area contributed by atoms with Crippen LogP contribution in [-0.4, -0.2) is 18.3 Å². The van der Waals surface area contributed by atoms with Crippen LogP contribution in [0.15, 0.2) is 53.6 Å². The maximum Gasteiger partial charge on any atom is 0.338 e. The fraction of sp³-hybridized carbons (Fsp3) is 0.222. The molecule has 0 aromatic heterocycles. The topological polar surface area (TPSA) is 50.7 Å². The Morgan fingerprint density at radius 1 is 1.05 bits per heavy atom. The maximum absolute atomic E-state index is 11.6. The van der Waals surface area contributed by atoms with Crippen molar-refractivity contribution in [1.29, 1.82) is 0 Å². The molecule has 0 unspecified atom stereocenters. The van der Waals surface area contributed by atoms with E-state index >= 15 is 0 Å². The third-order valence-electron chi connectivity index (χ3n) is 3.22. The summed E-state index contributed by atoms with van der Waals surface area (Å²) in [5, 5.41) is 4.36. The number of aryl methyl sites for hydroxylation is 1. The van der Waals surface area contributed by atoms with Crippen LogP contribution < -0.4 is 5.43 Å². The van der Waals surface area contributed by atoms with Crippen molar-refractivity contribution in [2.45, 2.75) is 20.8 Å². The zero-order chi connectivity index (χ0) is 15.9. The van der Waals surface area contributed by atoms with E-state index in [-0.39, 0.29) is 5.97 Å². The molecule has 0 spiro atoms. The number of hydrogen-bond acceptors (Lipinski definition) is 4. The minimum Gasteiger partial charge on any atom is -0.462 e. The van der Waals surface area contributed by atoms with Gasteiger partial charge >= 0.3 is 5.97 Å². The number of hydrogen-bond donors (Lipinski definition) is 1. The number of nitrogens with one attached hydrogen (secondary N) is 1. The fourth-order valence-corrected chi connectivity index (χ4v) is 1.90. The van der Waals surface area contributed by atoms with Crippen LogP contribution in [0.25, 0.3) is 0 Å². The Bertz CT molecular complexity index is 658. The van der Waals surface area contributed by atoms with Gasteiger partial charge in [0.2, 0.25) is 0 Å². The summed E-state index contributed by atoms with van der Waals surface area (Å²) in [6.07, 6.45) is 0. The molecule has 1 N–H and O–H groups in total. The summed E-state index contributed by atoms with van der Waals surface area (Å²) >= 11 is 0. The third-order valence-corrected chi connectivity index (χ3v) is 3.22. The van der Waals surface area contributed by atoms with Gasteiger partial charge in [-0.05, 0) is 50.6 Å². The van der Waals surface area contributed by atoms with E-state index in [1.807, 2.05) is 19.1 Å². The van der Waals surface area contributed by atoms with Crippen molar-refractivity contribution in [3.8, 4) is 0 Å². The molecule has 2 aromatic rings. The Balaban J connectivity index is 2.03. The minimum atomic E-state index is -0.312. The van der Waals surface area contributed by atoms with Crippen molar-refractivity contribution in [1.82, 2.24) is 0 Å². The molecule has 0 fully saturated rings. The van der Waals surface area contributed by atoms with Crippen molar-refractivity contribution in [2.75, 3.05) is 12.0 Å². The first-order chi connectivity index (χ1) is 10.6. The summed E-state index contributed by atoms with van der Waals surface area (Å²) in [5.41, 5.74) is 7.53. The second-order valence-electron chi connectivity index (χ2n) is 4.97. The lowest BCUT2D eigenvalue weighted by atomic mass is 10.1. The van der Waals surface area contributed by atoms with Gasteiger partial charge in [-0.2, -0.15) is 5.10 Å². The van der Waals surface area contributed by atoms with Crippen molar-refractivity contribution in [3.05, 3.63) is 65.2 Å². The van der Waals surface area contributed by atoms with Crippen LogP contribution in [0.5, 0.6) is 0 Å². The quantitative estimate of drug-likeness (QED) is 0.515. The van der Waals surface area contributed by atoms with Crippen LogP contribution >= 0.6 is 0 Å². The smallest absolute Gasteiger partial charge is 0.338 e. The van der Waals surface area contributed by atoms with Crippen LogP contribution in [0.1, 0.15) is 35.3 Å². The number of anilines is 1. The summed E-state index contributed by atoms with van der Waals surface area (Å²) in [5.74, 6) is -0.312. The standard InChI is InChI=1S/C18H20N2O2/c1-4-22-18(21)16-9-11-17(12-10-16)20-19-14(3)15-7-5-13(2)6-8-15/h5-12,20H,4H2,1-3H3/b19-14+. The molecule has 0 saturated heterocycles.